The molecule has 0 fully saturated rings. The topological polar surface area (TPSA) is 72.7 Å². The van der Waals surface area contributed by atoms with Crippen LogP contribution in [0.2, 0.25) is 0 Å². The molecule has 0 bridgehead atoms. The number of rotatable bonds is 6. The number of amides is 1. The zero-order valence-corrected chi connectivity index (χ0v) is 14.4. The zero-order chi connectivity index (χ0) is 17.8. The van der Waals surface area contributed by atoms with E-state index in [-0.39, 0.29) is 5.91 Å². The Morgan fingerprint density at radius 3 is 2.52 bits per heavy atom. The third-order valence-electron chi connectivity index (χ3n) is 3.81. The molecule has 6 nitrogen and oxygen atoms in total. The summed E-state index contributed by atoms with van der Waals surface area (Å²) in [7, 11) is 3.20. The van der Waals surface area contributed by atoms with Gasteiger partial charge in [0, 0.05) is 23.7 Å². The number of furan rings is 1. The number of methoxy groups -OCH3 is 2. The van der Waals surface area contributed by atoms with Gasteiger partial charge in [0.15, 0.2) is 11.5 Å². The summed E-state index contributed by atoms with van der Waals surface area (Å²) in [6, 6.07) is 11.3. The van der Waals surface area contributed by atoms with E-state index in [1.165, 1.54) is 6.92 Å². The zero-order valence-electron chi connectivity index (χ0n) is 14.4. The van der Waals surface area contributed by atoms with Gasteiger partial charge < -0.3 is 24.5 Å². The number of fused-ring (bicyclic) bond motifs is 1. The normalized spacial score (nSPS) is 10.5. The van der Waals surface area contributed by atoms with Gasteiger partial charge in [-0.15, -0.1) is 0 Å². The average Bonchev–Trinajstić information content (AvgIpc) is 3.11. The van der Waals surface area contributed by atoms with Gasteiger partial charge in [-0.25, -0.2) is 0 Å². The fraction of sp³-hybridized carbons (Fsp3) is 0.211. The Balaban J connectivity index is 2.07. The summed E-state index contributed by atoms with van der Waals surface area (Å²) in [4.78, 5) is 11.4. The first-order valence-electron chi connectivity index (χ1n) is 7.84. The molecular formula is C19H20N2O4. The molecule has 0 radical (unpaired) electrons. The summed E-state index contributed by atoms with van der Waals surface area (Å²) in [6.45, 7) is 2.01. The minimum absolute atomic E-state index is 0.128. The van der Waals surface area contributed by atoms with E-state index in [1.807, 2.05) is 36.4 Å². The molecule has 0 unspecified atom stereocenters. The minimum atomic E-state index is -0.128. The van der Waals surface area contributed by atoms with Crippen molar-refractivity contribution in [1.29, 1.82) is 0 Å². The number of carbonyl (C=O) groups excluding carboxylic acids is 1. The Morgan fingerprint density at radius 2 is 1.88 bits per heavy atom. The first-order chi connectivity index (χ1) is 12.1. The fourth-order valence-electron chi connectivity index (χ4n) is 2.71. The van der Waals surface area contributed by atoms with E-state index < -0.39 is 0 Å². The maximum absolute atomic E-state index is 11.4. The maximum atomic E-state index is 11.4. The van der Waals surface area contributed by atoms with E-state index in [4.69, 9.17) is 13.9 Å². The van der Waals surface area contributed by atoms with Crippen molar-refractivity contribution in [2.45, 2.75) is 13.5 Å². The van der Waals surface area contributed by atoms with Crippen molar-refractivity contribution in [2.24, 2.45) is 0 Å². The van der Waals surface area contributed by atoms with Crippen molar-refractivity contribution in [3.05, 3.63) is 48.4 Å². The van der Waals surface area contributed by atoms with Crippen LogP contribution in [0.5, 0.6) is 11.5 Å². The van der Waals surface area contributed by atoms with E-state index >= 15 is 0 Å². The van der Waals surface area contributed by atoms with Crippen LogP contribution in [-0.4, -0.2) is 20.1 Å². The predicted molar refractivity (Wildman–Crippen MR) is 97.4 cm³/mol. The van der Waals surface area contributed by atoms with Crippen molar-refractivity contribution in [3.63, 3.8) is 0 Å². The van der Waals surface area contributed by atoms with E-state index in [9.17, 15) is 4.79 Å². The highest BCUT2D eigenvalue weighted by Crippen LogP contribution is 2.37. The molecule has 0 spiro atoms. The van der Waals surface area contributed by atoms with E-state index in [0.29, 0.717) is 23.7 Å². The number of hydrogen-bond acceptors (Lipinski definition) is 5. The molecule has 0 aliphatic rings. The van der Waals surface area contributed by atoms with Crippen LogP contribution >= 0.6 is 0 Å². The standard InChI is InChI=1S/C19H20N2O4/c1-12(22)21-14-7-13-8-18(23-2)19(24-3)10-16(13)17(9-14)20-11-15-5-4-6-25-15/h4-10,20H,11H2,1-3H3,(H,21,22). The third-order valence-corrected chi connectivity index (χ3v) is 3.81. The van der Waals surface area contributed by atoms with Crippen LogP contribution in [0.15, 0.2) is 47.1 Å². The maximum Gasteiger partial charge on any atom is 0.221 e. The lowest BCUT2D eigenvalue weighted by molar-refractivity contribution is -0.114. The number of benzene rings is 2. The molecule has 130 valence electrons. The third kappa shape index (κ3) is 3.68. The molecule has 0 saturated heterocycles. The van der Waals surface area contributed by atoms with E-state index in [0.717, 1.165) is 22.2 Å². The van der Waals surface area contributed by atoms with Gasteiger partial charge in [-0.3, -0.25) is 4.79 Å². The molecule has 2 N–H and O–H groups in total. The Morgan fingerprint density at radius 1 is 1.12 bits per heavy atom. The molecule has 3 aromatic rings. The van der Waals surface area contributed by atoms with Gasteiger partial charge in [0.25, 0.3) is 0 Å². The highest BCUT2D eigenvalue weighted by Gasteiger charge is 2.11. The number of nitrogens with one attached hydrogen (secondary N) is 2. The number of anilines is 2. The predicted octanol–water partition coefficient (Wildman–Crippen LogP) is 4.02. The smallest absolute Gasteiger partial charge is 0.221 e. The first-order valence-corrected chi connectivity index (χ1v) is 7.84. The molecule has 0 aliphatic heterocycles. The quantitative estimate of drug-likeness (QED) is 0.709. The van der Waals surface area contributed by atoms with Crippen LogP contribution in [0, 0.1) is 0 Å². The van der Waals surface area contributed by atoms with Crippen LogP contribution in [-0.2, 0) is 11.3 Å². The van der Waals surface area contributed by atoms with Gasteiger partial charge in [0.1, 0.15) is 5.76 Å². The monoisotopic (exact) mass is 340 g/mol. The summed E-state index contributed by atoms with van der Waals surface area (Å²) in [5, 5.41) is 8.05. The number of hydrogen-bond donors (Lipinski definition) is 2. The van der Waals surface area contributed by atoms with Crippen molar-refractivity contribution in [3.8, 4) is 11.5 Å². The van der Waals surface area contributed by atoms with Crippen molar-refractivity contribution < 1.29 is 18.7 Å². The summed E-state index contributed by atoms with van der Waals surface area (Å²) in [5.41, 5.74) is 1.56. The van der Waals surface area contributed by atoms with E-state index in [1.54, 1.807) is 20.5 Å². The Labute approximate surface area is 145 Å². The van der Waals surface area contributed by atoms with E-state index in [2.05, 4.69) is 10.6 Å². The highest BCUT2D eigenvalue weighted by atomic mass is 16.5. The van der Waals surface area contributed by atoms with Crippen LogP contribution in [0.25, 0.3) is 10.8 Å². The average molecular weight is 340 g/mol. The van der Waals surface area contributed by atoms with Crippen LogP contribution in [0.3, 0.4) is 0 Å². The molecule has 0 saturated carbocycles. The summed E-state index contributed by atoms with van der Waals surface area (Å²) < 4.78 is 16.1. The molecular weight excluding hydrogens is 320 g/mol. The lowest BCUT2D eigenvalue weighted by atomic mass is 10.1. The molecule has 1 heterocycles. The molecule has 2 aromatic carbocycles. The first kappa shape index (κ1) is 16.7. The second-order valence-corrected chi connectivity index (χ2v) is 5.57. The van der Waals surface area contributed by atoms with Crippen molar-refractivity contribution in [2.75, 3.05) is 24.9 Å². The molecule has 1 aromatic heterocycles. The Bertz CT molecular complexity index is 888. The SMILES string of the molecule is COc1cc2cc(NC(C)=O)cc(NCc3ccco3)c2cc1OC. The van der Waals surface area contributed by atoms with Gasteiger partial charge in [-0.05, 0) is 41.8 Å². The van der Waals surface area contributed by atoms with Gasteiger partial charge in [0.05, 0.1) is 27.0 Å². The summed E-state index contributed by atoms with van der Waals surface area (Å²) >= 11 is 0. The highest BCUT2D eigenvalue weighted by molar-refractivity contribution is 6.01. The molecule has 6 heteroatoms. The lowest BCUT2D eigenvalue weighted by Crippen LogP contribution is -2.07. The summed E-state index contributed by atoms with van der Waals surface area (Å²) in [5.74, 6) is 1.96. The summed E-state index contributed by atoms with van der Waals surface area (Å²) in [6.07, 6.45) is 1.64. The van der Waals surface area contributed by atoms with Crippen molar-refractivity contribution in [1.82, 2.24) is 0 Å². The van der Waals surface area contributed by atoms with Gasteiger partial charge >= 0.3 is 0 Å². The molecule has 0 aliphatic carbocycles. The lowest BCUT2D eigenvalue weighted by Gasteiger charge is -2.15. The van der Waals surface area contributed by atoms with Gasteiger partial charge in [-0.2, -0.15) is 0 Å². The number of ether oxygens (including phenoxy) is 2. The van der Waals surface area contributed by atoms with Crippen LogP contribution in [0.4, 0.5) is 11.4 Å². The van der Waals surface area contributed by atoms with Crippen LogP contribution in [0.1, 0.15) is 12.7 Å². The van der Waals surface area contributed by atoms with Gasteiger partial charge in [0.2, 0.25) is 5.91 Å². The molecule has 0 atom stereocenters. The van der Waals surface area contributed by atoms with Gasteiger partial charge in [-0.1, -0.05) is 0 Å². The van der Waals surface area contributed by atoms with Crippen LogP contribution < -0.4 is 20.1 Å². The number of carbonyl (C=O) groups is 1. The molecule has 1 amide bonds. The molecule has 3 rings (SSSR count). The Hall–Kier alpha value is -3.15. The fourth-order valence-corrected chi connectivity index (χ4v) is 2.71. The second-order valence-electron chi connectivity index (χ2n) is 5.57. The minimum Gasteiger partial charge on any atom is -0.493 e. The largest absolute Gasteiger partial charge is 0.493 e. The Kier molecular flexibility index (Phi) is 4.79. The van der Waals surface area contributed by atoms with Crippen molar-refractivity contribution >= 4 is 28.1 Å². The molecule has 25 heavy (non-hydrogen) atoms. The second kappa shape index (κ2) is 7.17.